The molecule has 8 heteroatoms. The topological polar surface area (TPSA) is 85.2 Å². The standard InChI is InChI=1S/C23H24N6O2/c30-22(24-15-19-12-7-13-31-19)16-28-20(17-8-3-1-4-9-17)14-21(18-10-5-2-6-11-18)29-23(28)25-26-27-29/h1-6,8-11,14,19,21H,7,12-13,15-16H2,(H,24,30)/t19-,21-/m0/s1. The fraction of sp³-hybridized carbons (Fsp3) is 0.304. The minimum atomic E-state index is -0.160. The summed E-state index contributed by atoms with van der Waals surface area (Å²) < 4.78 is 7.37. The molecule has 2 aromatic carbocycles. The van der Waals surface area contributed by atoms with Crippen molar-refractivity contribution in [3.63, 3.8) is 0 Å². The van der Waals surface area contributed by atoms with Crippen LogP contribution < -0.4 is 10.2 Å². The molecule has 31 heavy (non-hydrogen) atoms. The molecule has 0 aliphatic carbocycles. The molecule has 1 N–H and O–H groups in total. The van der Waals surface area contributed by atoms with Crippen molar-refractivity contribution in [1.82, 2.24) is 25.5 Å². The lowest BCUT2D eigenvalue weighted by Gasteiger charge is -2.32. The highest BCUT2D eigenvalue weighted by Crippen LogP contribution is 2.35. The highest BCUT2D eigenvalue weighted by molar-refractivity contribution is 5.89. The van der Waals surface area contributed by atoms with E-state index in [0.717, 1.165) is 36.3 Å². The Balaban J connectivity index is 1.46. The first-order chi connectivity index (χ1) is 15.3. The Morgan fingerprint density at radius 2 is 1.87 bits per heavy atom. The number of nitrogens with zero attached hydrogens (tertiary/aromatic N) is 5. The molecule has 1 aromatic heterocycles. The van der Waals surface area contributed by atoms with Crippen LogP contribution in [-0.4, -0.2) is 51.9 Å². The number of allylic oxidation sites excluding steroid dienone is 1. The number of rotatable bonds is 6. The zero-order chi connectivity index (χ0) is 21.0. The molecular weight excluding hydrogens is 392 g/mol. The fourth-order valence-electron chi connectivity index (χ4n) is 4.10. The van der Waals surface area contributed by atoms with Crippen LogP contribution in [0.3, 0.4) is 0 Å². The van der Waals surface area contributed by atoms with Gasteiger partial charge in [0.1, 0.15) is 12.6 Å². The summed E-state index contributed by atoms with van der Waals surface area (Å²) in [6, 6.07) is 20.0. The summed E-state index contributed by atoms with van der Waals surface area (Å²) in [5.41, 5.74) is 2.99. The van der Waals surface area contributed by atoms with Gasteiger partial charge in [-0.25, -0.2) is 0 Å². The monoisotopic (exact) mass is 416 g/mol. The van der Waals surface area contributed by atoms with Gasteiger partial charge in [-0.15, -0.1) is 0 Å². The molecule has 0 unspecified atom stereocenters. The first kappa shape index (κ1) is 19.4. The number of hydrogen-bond acceptors (Lipinski definition) is 6. The number of tetrazole rings is 1. The summed E-state index contributed by atoms with van der Waals surface area (Å²) in [4.78, 5) is 14.7. The van der Waals surface area contributed by atoms with Crippen molar-refractivity contribution < 1.29 is 9.53 Å². The smallest absolute Gasteiger partial charge is 0.251 e. The van der Waals surface area contributed by atoms with Gasteiger partial charge in [0.05, 0.1) is 11.8 Å². The highest BCUT2D eigenvalue weighted by atomic mass is 16.5. The molecule has 2 aliphatic heterocycles. The van der Waals surface area contributed by atoms with E-state index < -0.39 is 0 Å². The number of amides is 1. The second kappa shape index (κ2) is 8.69. The van der Waals surface area contributed by atoms with Gasteiger partial charge >= 0.3 is 0 Å². The maximum Gasteiger partial charge on any atom is 0.251 e. The minimum absolute atomic E-state index is 0.0926. The second-order valence-electron chi connectivity index (χ2n) is 7.72. The van der Waals surface area contributed by atoms with Gasteiger partial charge in [0, 0.05) is 13.2 Å². The summed E-state index contributed by atoms with van der Waals surface area (Å²) >= 11 is 0. The zero-order valence-corrected chi connectivity index (χ0v) is 17.1. The van der Waals surface area contributed by atoms with Crippen LogP contribution in [-0.2, 0) is 9.53 Å². The van der Waals surface area contributed by atoms with E-state index >= 15 is 0 Å². The number of anilines is 1. The molecule has 0 radical (unpaired) electrons. The third kappa shape index (κ3) is 4.06. The number of benzene rings is 2. The van der Waals surface area contributed by atoms with Gasteiger partial charge in [0.15, 0.2) is 0 Å². The fourth-order valence-corrected chi connectivity index (χ4v) is 4.10. The Kier molecular flexibility index (Phi) is 5.45. The largest absolute Gasteiger partial charge is 0.376 e. The van der Waals surface area contributed by atoms with Crippen molar-refractivity contribution in [3.05, 3.63) is 77.9 Å². The first-order valence-electron chi connectivity index (χ1n) is 10.6. The molecule has 0 saturated carbocycles. The van der Waals surface area contributed by atoms with Crippen LogP contribution in [0, 0.1) is 0 Å². The molecule has 3 heterocycles. The van der Waals surface area contributed by atoms with Crippen molar-refractivity contribution in [1.29, 1.82) is 0 Å². The van der Waals surface area contributed by atoms with E-state index in [9.17, 15) is 4.79 Å². The number of carbonyl (C=O) groups is 1. The molecule has 2 aliphatic rings. The summed E-state index contributed by atoms with van der Waals surface area (Å²) in [5, 5.41) is 15.4. The van der Waals surface area contributed by atoms with Gasteiger partial charge in [-0.3, -0.25) is 9.69 Å². The summed E-state index contributed by atoms with van der Waals surface area (Å²) in [6.45, 7) is 1.41. The van der Waals surface area contributed by atoms with E-state index in [4.69, 9.17) is 4.74 Å². The van der Waals surface area contributed by atoms with E-state index in [1.165, 1.54) is 0 Å². The van der Waals surface area contributed by atoms with Gasteiger partial charge in [0.25, 0.3) is 5.95 Å². The van der Waals surface area contributed by atoms with Crippen molar-refractivity contribution in [2.45, 2.75) is 25.0 Å². The van der Waals surface area contributed by atoms with Gasteiger partial charge in [-0.05, 0) is 40.5 Å². The maximum absolute atomic E-state index is 12.8. The molecule has 1 amide bonds. The van der Waals surface area contributed by atoms with Gasteiger partial charge in [0.2, 0.25) is 5.91 Å². The lowest BCUT2D eigenvalue weighted by atomic mass is 10.0. The molecule has 1 fully saturated rings. The molecule has 3 aromatic rings. The highest BCUT2D eigenvalue weighted by Gasteiger charge is 2.32. The van der Waals surface area contributed by atoms with Crippen LogP contribution >= 0.6 is 0 Å². The average Bonchev–Trinajstić information content (AvgIpc) is 3.51. The first-order valence-corrected chi connectivity index (χ1v) is 10.6. The third-order valence-electron chi connectivity index (χ3n) is 5.65. The third-order valence-corrected chi connectivity index (χ3v) is 5.65. The minimum Gasteiger partial charge on any atom is -0.376 e. The Bertz CT molecular complexity index is 1060. The Morgan fingerprint density at radius 3 is 2.61 bits per heavy atom. The molecule has 5 rings (SSSR count). The molecule has 8 nitrogen and oxygen atoms in total. The van der Waals surface area contributed by atoms with Crippen molar-refractivity contribution in [2.24, 2.45) is 0 Å². The van der Waals surface area contributed by atoms with Crippen LogP contribution in [0.2, 0.25) is 0 Å². The van der Waals surface area contributed by atoms with Crippen molar-refractivity contribution in [2.75, 3.05) is 24.6 Å². The lowest BCUT2D eigenvalue weighted by Crippen LogP contribution is -2.42. The van der Waals surface area contributed by atoms with E-state index in [2.05, 4.69) is 39.1 Å². The van der Waals surface area contributed by atoms with E-state index in [1.807, 2.05) is 53.4 Å². The molecule has 0 bridgehead atoms. The van der Waals surface area contributed by atoms with Crippen LogP contribution in [0.15, 0.2) is 66.7 Å². The van der Waals surface area contributed by atoms with Gasteiger partial charge < -0.3 is 10.1 Å². The Hall–Kier alpha value is -3.52. The Morgan fingerprint density at radius 1 is 1.10 bits per heavy atom. The van der Waals surface area contributed by atoms with E-state index in [0.29, 0.717) is 12.5 Å². The van der Waals surface area contributed by atoms with Crippen LogP contribution in [0.25, 0.3) is 5.70 Å². The second-order valence-corrected chi connectivity index (χ2v) is 7.72. The molecule has 2 atom stereocenters. The summed E-state index contributed by atoms with van der Waals surface area (Å²) in [5.74, 6) is 0.451. The summed E-state index contributed by atoms with van der Waals surface area (Å²) in [6.07, 6.45) is 4.24. The Labute approximate surface area is 180 Å². The predicted octanol–water partition coefficient (Wildman–Crippen LogP) is 2.42. The zero-order valence-electron chi connectivity index (χ0n) is 17.1. The van der Waals surface area contributed by atoms with Crippen LogP contribution in [0.1, 0.15) is 30.0 Å². The van der Waals surface area contributed by atoms with E-state index in [-0.39, 0.29) is 24.6 Å². The van der Waals surface area contributed by atoms with Crippen molar-refractivity contribution >= 4 is 17.6 Å². The SMILES string of the molecule is O=C(CN1C(c2ccccc2)=C[C@@H](c2ccccc2)n2nnnc21)NC[C@@H]1CCCO1. The van der Waals surface area contributed by atoms with Crippen LogP contribution in [0.5, 0.6) is 0 Å². The molecule has 0 spiro atoms. The molecular formula is C23H24N6O2. The van der Waals surface area contributed by atoms with E-state index in [1.54, 1.807) is 4.68 Å². The van der Waals surface area contributed by atoms with Gasteiger partial charge in [-0.2, -0.15) is 4.68 Å². The number of carbonyl (C=O) groups excluding carboxylic acids is 1. The summed E-state index contributed by atoms with van der Waals surface area (Å²) in [7, 11) is 0. The molecule has 1 saturated heterocycles. The van der Waals surface area contributed by atoms with Gasteiger partial charge in [-0.1, -0.05) is 65.8 Å². The number of hydrogen-bond donors (Lipinski definition) is 1. The van der Waals surface area contributed by atoms with Crippen molar-refractivity contribution in [3.8, 4) is 0 Å². The number of aromatic nitrogens is 4. The maximum atomic E-state index is 12.8. The number of fused-ring (bicyclic) bond motifs is 1. The molecule has 158 valence electrons. The predicted molar refractivity (Wildman–Crippen MR) is 116 cm³/mol. The number of nitrogens with one attached hydrogen (secondary N) is 1. The normalized spacial score (nSPS) is 20.3. The average molecular weight is 416 g/mol. The quantitative estimate of drug-likeness (QED) is 0.664. The van der Waals surface area contributed by atoms with Crippen LogP contribution in [0.4, 0.5) is 5.95 Å². The lowest BCUT2D eigenvalue weighted by molar-refractivity contribution is -0.120. The number of ether oxygens (including phenoxy) is 1.